The lowest BCUT2D eigenvalue weighted by Crippen LogP contribution is -2.21. The number of hydrogen-bond donors (Lipinski definition) is 2. The van der Waals surface area contributed by atoms with E-state index in [1.807, 2.05) is 68.7 Å². The number of benzene rings is 2. The van der Waals surface area contributed by atoms with Gasteiger partial charge in [0.15, 0.2) is 5.65 Å². The summed E-state index contributed by atoms with van der Waals surface area (Å²) >= 11 is 0. The minimum Gasteiger partial charge on any atom is -0.496 e. The highest BCUT2D eigenvalue weighted by atomic mass is 16.5. The van der Waals surface area contributed by atoms with E-state index in [1.54, 1.807) is 11.8 Å². The average Bonchev–Trinajstić information content (AvgIpc) is 3.08. The Hall–Kier alpha value is -3.65. The second-order valence-corrected chi connectivity index (χ2v) is 7.55. The fraction of sp³-hybridized carbons (Fsp3) is 0.261. The molecule has 0 aliphatic carbocycles. The lowest BCUT2D eigenvalue weighted by atomic mass is 10.1. The molecule has 4 rings (SSSR count). The molecular weight excluding hydrogens is 390 g/mol. The number of nitrogens with one attached hydrogen (secondary N) is 1. The summed E-state index contributed by atoms with van der Waals surface area (Å²) in [6, 6.07) is 17.9. The summed E-state index contributed by atoms with van der Waals surface area (Å²) in [5, 5.41) is 8.72. The number of methoxy groups -OCH3 is 1. The van der Waals surface area contributed by atoms with Crippen LogP contribution in [0.1, 0.15) is 5.56 Å². The van der Waals surface area contributed by atoms with Gasteiger partial charge in [0.05, 0.1) is 24.7 Å². The molecule has 160 valence electrons. The molecule has 0 radical (unpaired) electrons. The molecule has 0 atom stereocenters. The first kappa shape index (κ1) is 20.6. The van der Waals surface area contributed by atoms with E-state index >= 15 is 0 Å². The maximum absolute atomic E-state index is 6.56. The molecule has 2 aromatic carbocycles. The number of nitrogens with zero attached hydrogens (tertiary/aromatic N) is 5. The van der Waals surface area contributed by atoms with Crippen molar-refractivity contribution in [2.45, 2.75) is 6.54 Å². The van der Waals surface area contributed by atoms with Crippen molar-refractivity contribution in [2.75, 3.05) is 45.3 Å². The molecule has 0 unspecified atom stereocenters. The first-order valence-corrected chi connectivity index (χ1v) is 10.2. The molecular formula is C23H27N7O. The monoisotopic (exact) mass is 417 g/mol. The molecule has 0 spiro atoms. The summed E-state index contributed by atoms with van der Waals surface area (Å²) in [5.74, 6) is 1.76. The maximum Gasteiger partial charge on any atom is 0.225 e. The van der Waals surface area contributed by atoms with Crippen LogP contribution in [0.5, 0.6) is 5.75 Å². The fourth-order valence-corrected chi connectivity index (χ4v) is 3.44. The number of likely N-dealkylation sites (N-methyl/N-ethyl adjacent to an activating group) is 1. The smallest absolute Gasteiger partial charge is 0.225 e. The van der Waals surface area contributed by atoms with Crippen molar-refractivity contribution < 1.29 is 4.74 Å². The highest BCUT2D eigenvalue weighted by Crippen LogP contribution is 2.36. The number of rotatable bonds is 8. The van der Waals surface area contributed by atoms with Crippen LogP contribution in [-0.2, 0) is 6.54 Å². The molecule has 0 aliphatic rings. The number of aromatic nitrogens is 4. The van der Waals surface area contributed by atoms with Crippen molar-refractivity contribution in [1.29, 1.82) is 0 Å². The van der Waals surface area contributed by atoms with Crippen LogP contribution in [0.2, 0.25) is 0 Å². The largest absolute Gasteiger partial charge is 0.496 e. The van der Waals surface area contributed by atoms with E-state index in [4.69, 9.17) is 20.6 Å². The average molecular weight is 418 g/mol. The number of ether oxygens (including phenoxy) is 1. The summed E-state index contributed by atoms with van der Waals surface area (Å²) in [6.45, 7) is 2.12. The van der Waals surface area contributed by atoms with Crippen molar-refractivity contribution in [3.63, 3.8) is 0 Å². The van der Waals surface area contributed by atoms with Crippen LogP contribution in [0.15, 0.2) is 54.6 Å². The Bertz CT molecular complexity index is 1170. The van der Waals surface area contributed by atoms with Crippen LogP contribution in [0, 0.1) is 0 Å². The van der Waals surface area contributed by atoms with Crippen LogP contribution in [0.25, 0.3) is 22.3 Å². The molecule has 0 amide bonds. The Balaban J connectivity index is 1.83. The van der Waals surface area contributed by atoms with E-state index in [-0.39, 0.29) is 0 Å². The molecule has 4 aromatic rings. The van der Waals surface area contributed by atoms with Crippen molar-refractivity contribution in [2.24, 2.45) is 0 Å². The third-order valence-electron chi connectivity index (χ3n) is 5.02. The van der Waals surface area contributed by atoms with Crippen LogP contribution in [0.3, 0.4) is 0 Å². The van der Waals surface area contributed by atoms with E-state index in [1.165, 1.54) is 0 Å². The molecule has 8 heteroatoms. The van der Waals surface area contributed by atoms with Crippen molar-refractivity contribution in [3.8, 4) is 17.0 Å². The number of hydrogen-bond acceptors (Lipinski definition) is 7. The first-order valence-electron chi connectivity index (χ1n) is 10.2. The lowest BCUT2D eigenvalue weighted by Gasteiger charge is -2.13. The Morgan fingerprint density at radius 1 is 1.03 bits per heavy atom. The van der Waals surface area contributed by atoms with E-state index in [0.717, 1.165) is 28.8 Å². The molecule has 0 saturated carbocycles. The lowest BCUT2D eigenvalue weighted by molar-refractivity contribution is 0.416. The molecule has 0 aliphatic heterocycles. The predicted molar refractivity (Wildman–Crippen MR) is 124 cm³/mol. The summed E-state index contributed by atoms with van der Waals surface area (Å²) < 4.78 is 7.36. The molecule has 31 heavy (non-hydrogen) atoms. The SMILES string of the molecule is COc1ccccc1-c1nc(NCCN(C)C)nc2nn(Cc3ccccc3)c(N)c12. The number of nitrogens with two attached hydrogens (primary N) is 1. The van der Waals surface area contributed by atoms with Gasteiger partial charge in [0, 0.05) is 18.7 Å². The van der Waals surface area contributed by atoms with Gasteiger partial charge in [-0.05, 0) is 31.8 Å². The standard InChI is InChI=1S/C23H27N7O/c1-29(2)14-13-25-23-26-20(17-11-7-8-12-18(17)31-3)19-21(24)30(28-22(19)27-23)15-16-9-5-4-6-10-16/h4-12H,13-15,24H2,1-3H3,(H,25,27,28). The number of para-hydroxylation sites is 1. The van der Waals surface area contributed by atoms with Crippen LogP contribution in [0.4, 0.5) is 11.8 Å². The van der Waals surface area contributed by atoms with Crippen LogP contribution in [-0.4, -0.2) is 58.9 Å². The summed E-state index contributed by atoms with van der Waals surface area (Å²) in [4.78, 5) is 11.5. The number of nitrogen functional groups attached to an aromatic ring is 1. The van der Waals surface area contributed by atoms with Gasteiger partial charge in [-0.15, -0.1) is 5.10 Å². The van der Waals surface area contributed by atoms with Gasteiger partial charge in [0.2, 0.25) is 5.95 Å². The van der Waals surface area contributed by atoms with E-state index in [9.17, 15) is 0 Å². The predicted octanol–water partition coefficient (Wildman–Crippen LogP) is 3.11. The highest BCUT2D eigenvalue weighted by molar-refractivity contribution is 6.00. The third-order valence-corrected chi connectivity index (χ3v) is 5.02. The second-order valence-electron chi connectivity index (χ2n) is 7.55. The molecule has 3 N–H and O–H groups in total. The highest BCUT2D eigenvalue weighted by Gasteiger charge is 2.20. The van der Waals surface area contributed by atoms with E-state index in [2.05, 4.69) is 15.2 Å². The zero-order valence-electron chi connectivity index (χ0n) is 18.0. The van der Waals surface area contributed by atoms with Crippen molar-refractivity contribution in [3.05, 3.63) is 60.2 Å². The second kappa shape index (κ2) is 9.01. The summed E-state index contributed by atoms with van der Waals surface area (Å²) in [6.07, 6.45) is 0. The van der Waals surface area contributed by atoms with Gasteiger partial charge in [-0.3, -0.25) is 0 Å². The first-order chi connectivity index (χ1) is 15.1. The fourth-order valence-electron chi connectivity index (χ4n) is 3.44. The normalized spacial score (nSPS) is 11.2. The zero-order chi connectivity index (χ0) is 21.8. The van der Waals surface area contributed by atoms with Gasteiger partial charge in [-0.1, -0.05) is 42.5 Å². The van der Waals surface area contributed by atoms with Crippen LogP contribution < -0.4 is 15.8 Å². The quantitative estimate of drug-likeness (QED) is 0.455. The van der Waals surface area contributed by atoms with Gasteiger partial charge < -0.3 is 20.7 Å². The van der Waals surface area contributed by atoms with E-state index < -0.39 is 0 Å². The Morgan fingerprint density at radius 2 is 1.77 bits per heavy atom. The van der Waals surface area contributed by atoms with Crippen molar-refractivity contribution >= 4 is 22.8 Å². The van der Waals surface area contributed by atoms with Crippen LogP contribution >= 0.6 is 0 Å². The minimum atomic E-state index is 0.514. The van der Waals surface area contributed by atoms with E-state index in [0.29, 0.717) is 36.2 Å². The van der Waals surface area contributed by atoms with Crippen molar-refractivity contribution in [1.82, 2.24) is 24.6 Å². The Morgan fingerprint density at radius 3 is 2.52 bits per heavy atom. The molecule has 8 nitrogen and oxygen atoms in total. The summed E-state index contributed by atoms with van der Waals surface area (Å²) in [7, 11) is 5.70. The molecule has 0 saturated heterocycles. The molecule has 0 bridgehead atoms. The maximum atomic E-state index is 6.56. The molecule has 2 heterocycles. The number of anilines is 2. The van der Waals surface area contributed by atoms with Gasteiger partial charge in [-0.2, -0.15) is 4.98 Å². The number of fused-ring (bicyclic) bond motifs is 1. The summed E-state index contributed by atoms with van der Waals surface area (Å²) in [5.41, 5.74) is 9.77. The Labute approximate surface area is 181 Å². The van der Waals surface area contributed by atoms with Gasteiger partial charge in [-0.25, -0.2) is 9.67 Å². The molecule has 0 fully saturated rings. The topological polar surface area (TPSA) is 94.1 Å². The van der Waals surface area contributed by atoms with Gasteiger partial charge >= 0.3 is 0 Å². The minimum absolute atomic E-state index is 0.514. The third kappa shape index (κ3) is 4.44. The zero-order valence-corrected chi connectivity index (χ0v) is 18.0. The Kier molecular flexibility index (Phi) is 5.99. The van der Waals surface area contributed by atoms with Gasteiger partial charge in [0.1, 0.15) is 11.6 Å². The van der Waals surface area contributed by atoms with Gasteiger partial charge in [0.25, 0.3) is 0 Å². The molecule has 2 aromatic heterocycles.